The van der Waals surface area contributed by atoms with Gasteiger partial charge in [-0.1, -0.05) is 0 Å². The molecule has 0 aromatic carbocycles. The summed E-state index contributed by atoms with van der Waals surface area (Å²) in [6.07, 6.45) is 7.63. The van der Waals surface area contributed by atoms with Gasteiger partial charge in [-0.2, -0.15) is 0 Å². The van der Waals surface area contributed by atoms with Crippen molar-refractivity contribution in [1.82, 2.24) is 15.0 Å². The van der Waals surface area contributed by atoms with Crippen LogP contribution in [0.1, 0.15) is 16.5 Å². The summed E-state index contributed by atoms with van der Waals surface area (Å²) in [6.45, 7) is 0. The summed E-state index contributed by atoms with van der Waals surface area (Å²) in [5, 5.41) is 0. The highest BCUT2D eigenvalue weighted by Crippen LogP contribution is 2.16. The molecule has 2 N–H and O–H groups in total. The summed E-state index contributed by atoms with van der Waals surface area (Å²) in [4.78, 5) is 13.0. The number of hydrogen-bond donors (Lipinski definition) is 1. The van der Waals surface area contributed by atoms with Gasteiger partial charge in [-0.05, 0) is 0 Å². The lowest BCUT2D eigenvalue weighted by molar-refractivity contribution is 0.719. The van der Waals surface area contributed by atoms with E-state index in [0.29, 0.717) is 0 Å². The van der Waals surface area contributed by atoms with Crippen LogP contribution < -0.4 is 5.73 Å². The second-order valence-corrected chi connectivity index (χ2v) is 3.92. The second-order valence-electron chi connectivity index (χ2n) is 2.95. The molecular formula is C9H10N4S. The monoisotopic (exact) mass is 206 g/mol. The summed E-state index contributed by atoms with van der Waals surface area (Å²) >= 11 is 1.61. The van der Waals surface area contributed by atoms with Crippen molar-refractivity contribution < 1.29 is 0 Å². The lowest BCUT2D eigenvalue weighted by atomic mass is 10.1. The molecule has 0 saturated heterocycles. The molecule has 1 unspecified atom stereocenters. The van der Waals surface area contributed by atoms with Gasteiger partial charge in [0.2, 0.25) is 0 Å². The smallest absolute Gasteiger partial charge is 0.115 e. The number of nitrogens with two attached hydrogens (primary N) is 1. The fourth-order valence-corrected chi connectivity index (χ4v) is 1.83. The van der Waals surface area contributed by atoms with Crippen molar-refractivity contribution in [3.05, 3.63) is 40.9 Å². The van der Waals surface area contributed by atoms with Gasteiger partial charge in [-0.15, -0.1) is 11.3 Å². The molecule has 0 spiro atoms. The fourth-order valence-electron chi connectivity index (χ4n) is 1.18. The Bertz CT molecular complexity index is 373. The zero-order valence-electron chi connectivity index (χ0n) is 7.50. The molecule has 2 heterocycles. The SMILES string of the molecule is NC(Cc1cncs1)c1cncnc1. The molecule has 2 rings (SSSR count). The zero-order valence-corrected chi connectivity index (χ0v) is 8.31. The van der Waals surface area contributed by atoms with E-state index in [0.717, 1.165) is 12.0 Å². The Morgan fingerprint density at radius 2 is 2.00 bits per heavy atom. The molecule has 1 atom stereocenters. The second kappa shape index (κ2) is 4.26. The van der Waals surface area contributed by atoms with Crippen molar-refractivity contribution >= 4 is 11.3 Å². The summed E-state index contributed by atoms with van der Waals surface area (Å²) in [5.74, 6) is 0. The highest BCUT2D eigenvalue weighted by Gasteiger charge is 2.08. The average molecular weight is 206 g/mol. The maximum absolute atomic E-state index is 5.99. The predicted molar refractivity (Wildman–Crippen MR) is 54.8 cm³/mol. The Morgan fingerprint density at radius 3 is 2.64 bits per heavy atom. The van der Waals surface area contributed by atoms with Crippen molar-refractivity contribution in [1.29, 1.82) is 0 Å². The van der Waals surface area contributed by atoms with E-state index in [1.54, 1.807) is 23.7 Å². The summed E-state index contributed by atoms with van der Waals surface area (Å²) in [6, 6.07) is -0.0448. The lowest BCUT2D eigenvalue weighted by Gasteiger charge is -2.08. The Kier molecular flexibility index (Phi) is 2.81. The highest BCUT2D eigenvalue weighted by atomic mass is 32.1. The van der Waals surface area contributed by atoms with Crippen LogP contribution in [-0.4, -0.2) is 15.0 Å². The van der Waals surface area contributed by atoms with Gasteiger partial charge in [0.05, 0.1) is 5.51 Å². The van der Waals surface area contributed by atoms with Crippen LogP contribution in [0.25, 0.3) is 0 Å². The molecular weight excluding hydrogens is 196 g/mol. The van der Waals surface area contributed by atoms with Crippen molar-refractivity contribution in [3.63, 3.8) is 0 Å². The molecule has 14 heavy (non-hydrogen) atoms. The van der Waals surface area contributed by atoms with E-state index in [1.165, 1.54) is 11.2 Å². The van der Waals surface area contributed by atoms with Crippen molar-refractivity contribution in [2.75, 3.05) is 0 Å². The molecule has 0 radical (unpaired) electrons. The summed E-state index contributed by atoms with van der Waals surface area (Å²) in [5.41, 5.74) is 8.75. The number of hydrogen-bond acceptors (Lipinski definition) is 5. The molecule has 5 heteroatoms. The zero-order chi connectivity index (χ0) is 9.80. The predicted octanol–water partition coefficient (Wildman–Crippen LogP) is 1.18. The Labute approximate surface area is 85.9 Å². The van der Waals surface area contributed by atoms with Crippen LogP contribution in [-0.2, 0) is 6.42 Å². The molecule has 2 aromatic rings. The van der Waals surface area contributed by atoms with Crippen LogP contribution in [0, 0.1) is 0 Å². The van der Waals surface area contributed by atoms with Gasteiger partial charge in [0.1, 0.15) is 6.33 Å². The van der Waals surface area contributed by atoms with Crippen LogP contribution in [0.15, 0.2) is 30.4 Å². The third-order valence-electron chi connectivity index (χ3n) is 1.91. The van der Waals surface area contributed by atoms with E-state index in [4.69, 9.17) is 5.73 Å². The van der Waals surface area contributed by atoms with Gasteiger partial charge >= 0.3 is 0 Å². The van der Waals surface area contributed by atoms with Crippen LogP contribution in [0.4, 0.5) is 0 Å². The molecule has 0 saturated carbocycles. The first-order valence-electron chi connectivity index (χ1n) is 4.24. The topological polar surface area (TPSA) is 64.7 Å². The number of thiazole rings is 1. The number of aromatic nitrogens is 3. The normalized spacial score (nSPS) is 12.6. The quantitative estimate of drug-likeness (QED) is 0.818. The summed E-state index contributed by atoms with van der Waals surface area (Å²) < 4.78 is 0. The molecule has 0 bridgehead atoms. The van der Waals surface area contributed by atoms with Crippen molar-refractivity contribution in [2.45, 2.75) is 12.5 Å². The minimum atomic E-state index is -0.0448. The molecule has 72 valence electrons. The van der Waals surface area contributed by atoms with Crippen molar-refractivity contribution in [3.8, 4) is 0 Å². The van der Waals surface area contributed by atoms with Crippen LogP contribution >= 0.6 is 11.3 Å². The number of rotatable bonds is 3. The van der Waals surface area contributed by atoms with E-state index in [-0.39, 0.29) is 6.04 Å². The number of nitrogens with zero attached hydrogens (tertiary/aromatic N) is 3. The standard InChI is InChI=1S/C9H10N4S/c10-9(1-8-4-13-6-14-8)7-2-11-5-12-3-7/h2-6,9H,1,10H2. The average Bonchev–Trinajstić information content (AvgIpc) is 2.72. The molecule has 0 aliphatic carbocycles. The van der Waals surface area contributed by atoms with Crippen LogP contribution in [0.2, 0.25) is 0 Å². The van der Waals surface area contributed by atoms with Crippen molar-refractivity contribution in [2.24, 2.45) is 5.73 Å². The first-order chi connectivity index (χ1) is 6.86. The minimum Gasteiger partial charge on any atom is -0.324 e. The van der Waals surface area contributed by atoms with E-state index >= 15 is 0 Å². The van der Waals surface area contributed by atoms with Gasteiger partial charge in [-0.3, -0.25) is 4.98 Å². The third-order valence-corrected chi connectivity index (χ3v) is 2.72. The van der Waals surface area contributed by atoms with Gasteiger partial charge in [0.25, 0.3) is 0 Å². The summed E-state index contributed by atoms with van der Waals surface area (Å²) in [7, 11) is 0. The Morgan fingerprint density at radius 1 is 1.21 bits per heavy atom. The van der Waals surface area contributed by atoms with Gasteiger partial charge in [0.15, 0.2) is 0 Å². The van der Waals surface area contributed by atoms with Crippen LogP contribution in [0.3, 0.4) is 0 Å². The largest absolute Gasteiger partial charge is 0.324 e. The third kappa shape index (κ3) is 2.12. The highest BCUT2D eigenvalue weighted by molar-refractivity contribution is 7.09. The van der Waals surface area contributed by atoms with Gasteiger partial charge in [-0.25, -0.2) is 9.97 Å². The van der Waals surface area contributed by atoms with Gasteiger partial charge < -0.3 is 5.73 Å². The fraction of sp³-hybridized carbons (Fsp3) is 0.222. The maximum atomic E-state index is 5.99. The Hall–Kier alpha value is -1.33. The molecule has 2 aromatic heterocycles. The first-order valence-corrected chi connectivity index (χ1v) is 5.12. The van der Waals surface area contributed by atoms with E-state index in [2.05, 4.69) is 15.0 Å². The Balaban J connectivity index is 2.07. The molecule has 0 amide bonds. The maximum Gasteiger partial charge on any atom is 0.115 e. The molecule has 0 aliphatic rings. The van der Waals surface area contributed by atoms with E-state index in [1.807, 2.05) is 11.7 Å². The van der Waals surface area contributed by atoms with E-state index < -0.39 is 0 Å². The van der Waals surface area contributed by atoms with Crippen LogP contribution in [0.5, 0.6) is 0 Å². The molecule has 0 aliphatic heterocycles. The minimum absolute atomic E-state index is 0.0448. The first kappa shape index (κ1) is 9.23. The van der Waals surface area contributed by atoms with Gasteiger partial charge in [0, 0.05) is 41.5 Å². The molecule has 0 fully saturated rings. The lowest BCUT2D eigenvalue weighted by Crippen LogP contribution is -2.13. The molecule has 4 nitrogen and oxygen atoms in total. The van der Waals surface area contributed by atoms with E-state index in [9.17, 15) is 0 Å².